The van der Waals surface area contributed by atoms with E-state index in [4.69, 9.17) is 11.6 Å². The minimum Gasteiger partial charge on any atom is -0.298 e. The van der Waals surface area contributed by atoms with Crippen molar-refractivity contribution in [1.82, 2.24) is 9.78 Å². The first-order valence-electron chi connectivity index (χ1n) is 6.35. The fourth-order valence-corrected chi connectivity index (χ4v) is 2.87. The van der Waals surface area contributed by atoms with Gasteiger partial charge in [0.1, 0.15) is 16.1 Å². The number of rotatable bonds is 3. The van der Waals surface area contributed by atoms with Crippen molar-refractivity contribution in [2.75, 3.05) is 0 Å². The van der Waals surface area contributed by atoms with E-state index in [9.17, 15) is 9.18 Å². The molecule has 6 heteroatoms. The number of aromatic nitrogens is 2. The highest BCUT2D eigenvalue weighted by Gasteiger charge is 2.18. The van der Waals surface area contributed by atoms with E-state index in [-0.39, 0.29) is 5.82 Å². The van der Waals surface area contributed by atoms with Gasteiger partial charge in [0.15, 0.2) is 6.29 Å². The van der Waals surface area contributed by atoms with E-state index < -0.39 is 0 Å². The van der Waals surface area contributed by atoms with Crippen molar-refractivity contribution in [3.8, 4) is 16.9 Å². The van der Waals surface area contributed by atoms with Crippen molar-refractivity contribution in [2.24, 2.45) is 0 Å². The van der Waals surface area contributed by atoms with E-state index in [1.165, 1.54) is 12.1 Å². The summed E-state index contributed by atoms with van der Waals surface area (Å²) in [7, 11) is 0. The van der Waals surface area contributed by atoms with Crippen LogP contribution in [0.2, 0.25) is 5.02 Å². The Kier molecular flexibility index (Phi) is 4.09. The highest BCUT2D eigenvalue weighted by Crippen LogP contribution is 2.31. The molecule has 0 aliphatic rings. The molecule has 0 saturated heterocycles. The molecule has 0 radical (unpaired) electrons. The highest BCUT2D eigenvalue weighted by atomic mass is 79.9. The Morgan fingerprint density at radius 1 is 1.18 bits per heavy atom. The third kappa shape index (κ3) is 2.69. The molecular weight excluding hydrogens is 371 g/mol. The van der Waals surface area contributed by atoms with E-state index in [1.807, 2.05) is 6.07 Å². The molecule has 0 saturated carbocycles. The summed E-state index contributed by atoms with van der Waals surface area (Å²) < 4.78 is 15.1. The van der Waals surface area contributed by atoms with Crippen LogP contribution in [0.1, 0.15) is 10.4 Å². The predicted molar refractivity (Wildman–Crippen MR) is 87.1 cm³/mol. The molecule has 22 heavy (non-hydrogen) atoms. The zero-order valence-corrected chi connectivity index (χ0v) is 13.5. The average Bonchev–Trinajstić information content (AvgIpc) is 2.85. The van der Waals surface area contributed by atoms with Crippen molar-refractivity contribution < 1.29 is 9.18 Å². The molecule has 3 nitrogen and oxygen atoms in total. The molecule has 0 fully saturated rings. The van der Waals surface area contributed by atoms with Crippen LogP contribution in [0.5, 0.6) is 0 Å². The van der Waals surface area contributed by atoms with Crippen LogP contribution in [0.4, 0.5) is 4.39 Å². The minimum absolute atomic E-state index is 0.335. The first kappa shape index (κ1) is 14.9. The van der Waals surface area contributed by atoms with Gasteiger partial charge in [0.05, 0.1) is 11.3 Å². The predicted octanol–water partition coefficient (Wildman–Crippen LogP) is 4.91. The van der Waals surface area contributed by atoms with Crippen LogP contribution >= 0.6 is 27.5 Å². The summed E-state index contributed by atoms with van der Waals surface area (Å²) in [6.07, 6.45) is 0.730. The number of nitrogens with zero attached hydrogens (tertiary/aromatic N) is 2. The second kappa shape index (κ2) is 6.02. The van der Waals surface area contributed by atoms with E-state index in [2.05, 4.69) is 21.0 Å². The zero-order chi connectivity index (χ0) is 15.7. The molecule has 1 aromatic heterocycles. The average molecular weight is 380 g/mol. The Morgan fingerprint density at radius 3 is 2.55 bits per heavy atom. The number of benzene rings is 2. The van der Waals surface area contributed by atoms with Crippen LogP contribution in [-0.2, 0) is 0 Å². The SMILES string of the molecule is O=Cc1c(-c2cccc(Cl)c2)nn(-c2ccc(F)cc2)c1Br. The fourth-order valence-electron chi connectivity index (χ4n) is 2.12. The molecular formula is C16H9BrClFN2O. The van der Waals surface area contributed by atoms with Crippen molar-refractivity contribution in [2.45, 2.75) is 0 Å². The fraction of sp³-hybridized carbons (Fsp3) is 0. The van der Waals surface area contributed by atoms with E-state index in [0.29, 0.717) is 26.6 Å². The Balaban J connectivity index is 2.18. The second-order valence-corrected chi connectivity index (χ2v) is 5.76. The largest absolute Gasteiger partial charge is 0.298 e. The third-order valence-electron chi connectivity index (χ3n) is 3.15. The molecule has 0 aliphatic heterocycles. The highest BCUT2D eigenvalue weighted by molar-refractivity contribution is 9.10. The van der Waals surface area contributed by atoms with Crippen LogP contribution < -0.4 is 0 Å². The third-order valence-corrected chi connectivity index (χ3v) is 4.15. The quantitative estimate of drug-likeness (QED) is 0.606. The van der Waals surface area contributed by atoms with Gasteiger partial charge < -0.3 is 0 Å². The Morgan fingerprint density at radius 2 is 1.91 bits per heavy atom. The van der Waals surface area contributed by atoms with Gasteiger partial charge in [0.25, 0.3) is 0 Å². The summed E-state index contributed by atoms with van der Waals surface area (Å²) in [5.74, 6) is -0.335. The van der Waals surface area contributed by atoms with E-state index >= 15 is 0 Å². The zero-order valence-electron chi connectivity index (χ0n) is 11.1. The molecule has 0 atom stereocenters. The van der Waals surface area contributed by atoms with Crippen LogP contribution in [0.3, 0.4) is 0 Å². The molecule has 0 amide bonds. The lowest BCUT2D eigenvalue weighted by Crippen LogP contribution is -1.97. The van der Waals surface area contributed by atoms with Crippen LogP contribution in [0.25, 0.3) is 16.9 Å². The van der Waals surface area contributed by atoms with Gasteiger partial charge in [-0.05, 0) is 52.3 Å². The Labute approximate surface area is 139 Å². The van der Waals surface area contributed by atoms with Gasteiger partial charge in [0, 0.05) is 10.6 Å². The van der Waals surface area contributed by atoms with Gasteiger partial charge in [-0.15, -0.1) is 0 Å². The molecule has 0 unspecified atom stereocenters. The van der Waals surface area contributed by atoms with Crippen LogP contribution in [0.15, 0.2) is 53.1 Å². The maximum absolute atomic E-state index is 13.1. The van der Waals surface area contributed by atoms with Crippen molar-refractivity contribution in [3.05, 3.63) is 69.5 Å². The maximum Gasteiger partial charge on any atom is 0.155 e. The molecule has 3 aromatic rings. The molecule has 0 aliphatic carbocycles. The summed E-state index contributed by atoms with van der Waals surface area (Å²) in [4.78, 5) is 11.4. The number of hydrogen-bond donors (Lipinski definition) is 0. The van der Waals surface area contributed by atoms with Gasteiger partial charge in [-0.1, -0.05) is 23.7 Å². The van der Waals surface area contributed by atoms with Crippen molar-refractivity contribution in [3.63, 3.8) is 0 Å². The number of carbonyl (C=O) groups excluding carboxylic acids is 1. The van der Waals surface area contributed by atoms with Crippen LogP contribution in [-0.4, -0.2) is 16.1 Å². The number of halogens is 3. The van der Waals surface area contributed by atoms with Crippen molar-refractivity contribution in [1.29, 1.82) is 0 Å². The number of hydrogen-bond acceptors (Lipinski definition) is 2. The normalized spacial score (nSPS) is 10.7. The first-order valence-corrected chi connectivity index (χ1v) is 7.53. The summed E-state index contributed by atoms with van der Waals surface area (Å²) in [6.45, 7) is 0. The Hall–Kier alpha value is -1.98. The summed E-state index contributed by atoms with van der Waals surface area (Å²) in [5, 5.41) is 5.01. The molecule has 1 heterocycles. The molecule has 2 aromatic carbocycles. The smallest absolute Gasteiger partial charge is 0.155 e. The second-order valence-electron chi connectivity index (χ2n) is 4.57. The van der Waals surface area contributed by atoms with Gasteiger partial charge in [-0.2, -0.15) is 5.10 Å². The molecule has 3 rings (SSSR count). The monoisotopic (exact) mass is 378 g/mol. The topological polar surface area (TPSA) is 34.9 Å². The van der Waals surface area contributed by atoms with Gasteiger partial charge >= 0.3 is 0 Å². The van der Waals surface area contributed by atoms with E-state index in [0.717, 1.165) is 11.8 Å². The summed E-state index contributed by atoms with van der Waals surface area (Å²) in [5.41, 5.74) is 2.29. The first-order chi connectivity index (χ1) is 10.6. The summed E-state index contributed by atoms with van der Waals surface area (Å²) >= 11 is 9.37. The number of aldehydes is 1. The molecule has 0 bridgehead atoms. The van der Waals surface area contributed by atoms with E-state index in [1.54, 1.807) is 35.0 Å². The molecule has 110 valence electrons. The van der Waals surface area contributed by atoms with Gasteiger partial charge in [-0.25, -0.2) is 9.07 Å². The molecule has 0 N–H and O–H groups in total. The standard InChI is InChI=1S/C16H9BrClFN2O/c17-16-14(9-22)15(10-2-1-3-11(18)8-10)20-21(16)13-6-4-12(19)5-7-13/h1-9H. The Bertz CT molecular complexity index is 846. The van der Waals surface area contributed by atoms with Gasteiger partial charge in [-0.3, -0.25) is 4.79 Å². The lowest BCUT2D eigenvalue weighted by atomic mass is 10.1. The van der Waals surface area contributed by atoms with Crippen molar-refractivity contribution >= 4 is 33.8 Å². The minimum atomic E-state index is -0.335. The lowest BCUT2D eigenvalue weighted by Gasteiger charge is -2.02. The molecule has 0 spiro atoms. The lowest BCUT2D eigenvalue weighted by molar-refractivity contribution is 0.112. The maximum atomic E-state index is 13.1. The van der Waals surface area contributed by atoms with Crippen LogP contribution in [0, 0.1) is 5.82 Å². The summed E-state index contributed by atoms with van der Waals surface area (Å²) in [6, 6.07) is 12.9. The van der Waals surface area contributed by atoms with Gasteiger partial charge in [0.2, 0.25) is 0 Å². The number of carbonyl (C=O) groups is 1.